The number of pyridine rings is 1. The third-order valence-electron chi connectivity index (χ3n) is 5.72. The number of fused-ring (bicyclic) bond motifs is 1. The first-order chi connectivity index (χ1) is 13.1. The zero-order valence-corrected chi connectivity index (χ0v) is 15.6. The van der Waals surface area contributed by atoms with Crippen molar-refractivity contribution >= 4 is 22.4 Å². The zero-order chi connectivity index (χ0) is 18.9. The van der Waals surface area contributed by atoms with Crippen LogP contribution in [0.15, 0.2) is 54.6 Å². The molecule has 1 saturated heterocycles. The molecule has 1 atom stereocenters. The number of piperazine rings is 1. The summed E-state index contributed by atoms with van der Waals surface area (Å²) in [5.41, 5.74) is 3.06. The van der Waals surface area contributed by atoms with Crippen LogP contribution in [-0.4, -0.2) is 59.1 Å². The number of alkyl halides is 1. The molecule has 0 N–H and O–H groups in total. The molecule has 2 heterocycles. The minimum Gasteiger partial charge on any atom is -0.338 e. The number of allylic oxidation sites excluding steroid dienone is 2. The van der Waals surface area contributed by atoms with Gasteiger partial charge in [-0.3, -0.25) is 9.69 Å². The maximum atomic E-state index is 12.6. The van der Waals surface area contributed by atoms with E-state index in [0.717, 1.165) is 41.7 Å². The topological polar surface area (TPSA) is 36.4 Å². The normalized spacial score (nSPS) is 23.5. The van der Waals surface area contributed by atoms with Crippen molar-refractivity contribution in [3.05, 3.63) is 60.3 Å². The highest BCUT2D eigenvalue weighted by Gasteiger charge is 2.33. The third-order valence-corrected chi connectivity index (χ3v) is 5.72. The van der Waals surface area contributed by atoms with Gasteiger partial charge in [-0.25, -0.2) is 9.37 Å². The number of amides is 1. The molecular formula is C22H24FN3O. The van der Waals surface area contributed by atoms with Crippen molar-refractivity contribution in [2.75, 3.05) is 32.9 Å². The number of hydrogen-bond acceptors (Lipinski definition) is 3. The van der Waals surface area contributed by atoms with Crippen LogP contribution in [0.1, 0.15) is 19.0 Å². The first-order valence-corrected chi connectivity index (χ1v) is 9.43. The van der Waals surface area contributed by atoms with Gasteiger partial charge < -0.3 is 4.90 Å². The van der Waals surface area contributed by atoms with E-state index in [-0.39, 0.29) is 5.54 Å². The largest absolute Gasteiger partial charge is 0.338 e. The average molecular weight is 365 g/mol. The van der Waals surface area contributed by atoms with E-state index >= 15 is 0 Å². The predicted molar refractivity (Wildman–Crippen MR) is 106 cm³/mol. The van der Waals surface area contributed by atoms with Crippen LogP contribution in [-0.2, 0) is 4.79 Å². The molecule has 1 aliphatic carbocycles. The molecule has 0 spiro atoms. The van der Waals surface area contributed by atoms with Crippen molar-refractivity contribution in [1.29, 1.82) is 0 Å². The summed E-state index contributed by atoms with van der Waals surface area (Å²) in [5.74, 6) is -0.399. The lowest BCUT2D eigenvalue weighted by atomic mass is 9.87. The second-order valence-electron chi connectivity index (χ2n) is 7.44. The van der Waals surface area contributed by atoms with Gasteiger partial charge in [0.15, 0.2) is 6.67 Å². The third kappa shape index (κ3) is 3.52. The Kier molecular flexibility index (Phi) is 4.79. The number of para-hydroxylation sites is 1. The SMILES string of the molecule is CC1(N2CCN(C(=O)CF)CC2)C=CC(c2ccc3ccccc3n2)=CC1. The van der Waals surface area contributed by atoms with Gasteiger partial charge in [-0.15, -0.1) is 0 Å². The summed E-state index contributed by atoms with van der Waals surface area (Å²) in [6.07, 6.45) is 7.53. The molecule has 4 rings (SSSR count). The molecule has 1 aromatic heterocycles. The molecular weight excluding hydrogens is 341 g/mol. The van der Waals surface area contributed by atoms with Gasteiger partial charge >= 0.3 is 0 Å². The molecule has 4 nitrogen and oxygen atoms in total. The number of rotatable bonds is 3. The summed E-state index contributed by atoms with van der Waals surface area (Å²) in [7, 11) is 0. The Hall–Kier alpha value is -2.53. The van der Waals surface area contributed by atoms with Crippen molar-refractivity contribution in [2.24, 2.45) is 0 Å². The molecule has 1 aromatic carbocycles. The second kappa shape index (κ2) is 7.24. The number of benzene rings is 1. The average Bonchev–Trinajstić information content (AvgIpc) is 2.73. The molecule has 2 aliphatic rings. The molecule has 0 saturated carbocycles. The number of aromatic nitrogens is 1. The Morgan fingerprint density at radius 3 is 2.63 bits per heavy atom. The number of carbonyl (C=O) groups excluding carboxylic acids is 1. The molecule has 0 radical (unpaired) electrons. The molecule has 5 heteroatoms. The van der Waals surface area contributed by atoms with Crippen LogP contribution < -0.4 is 0 Å². The first kappa shape index (κ1) is 17.9. The Morgan fingerprint density at radius 2 is 1.93 bits per heavy atom. The van der Waals surface area contributed by atoms with Gasteiger partial charge in [-0.2, -0.15) is 0 Å². The van der Waals surface area contributed by atoms with Crippen molar-refractivity contribution in [2.45, 2.75) is 18.9 Å². The van der Waals surface area contributed by atoms with Crippen LogP contribution in [0.4, 0.5) is 4.39 Å². The monoisotopic (exact) mass is 365 g/mol. The van der Waals surface area contributed by atoms with E-state index in [0.29, 0.717) is 13.1 Å². The van der Waals surface area contributed by atoms with Crippen LogP contribution in [0.25, 0.3) is 16.5 Å². The molecule has 0 bridgehead atoms. The maximum Gasteiger partial charge on any atom is 0.254 e. The molecule has 1 fully saturated rings. The highest BCUT2D eigenvalue weighted by Crippen LogP contribution is 2.31. The van der Waals surface area contributed by atoms with E-state index in [1.165, 1.54) is 0 Å². The lowest BCUT2D eigenvalue weighted by Gasteiger charge is -2.45. The molecule has 1 amide bonds. The van der Waals surface area contributed by atoms with Crippen LogP contribution in [0.3, 0.4) is 0 Å². The van der Waals surface area contributed by atoms with Crippen molar-refractivity contribution in [3.8, 4) is 0 Å². The van der Waals surface area contributed by atoms with E-state index < -0.39 is 12.6 Å². The van der Waals surface area contributed by atoms with Gasteiger partial charge in [0.2, 0.25) is 0 Å². The standard InChI is InChI=1S/C22H24FN3O/c1-22(26-14-12-25(13-15-26)21(27)16-23)10-8-18(9-11-22)20-7-6-17-4-2-3-5-19(17)24-20/h2-10H,11-16H2,1H3. The van der Waals surface area contributed by atoms with Crippen molar-refractivity contribution in [1.82, 2.24) is 14.8 Å². The summed E-state index contributed by atoms with van der Waals surface area (Å²) in [6.45, 7) is 4.04. The Balaban J connectivity index is 1.46. The van der Waals surface area contributed by atoms with Gasteiger partial charge in [0.1, 0.15) is 0 Å². The molecule has 1 unspecified atom stereocenters. The minimum atomic E-state index is -0.901. The van der Waals surface area contributed by atoms with Gasteiger partial charge in [-0.05, 0) is 31.1 Å². The van der Waals surface area contributed by atoms with E-state index in [4.69, 9.17) is 4.98 Å². The van der Waals surface area contributed by atoms with Gasteiger partial charge in [0, 0.05) is 37.1 Å². The summed E-state index contributed by atoms with van der Waals surface area (Å²) in [4.78, 5) is 20.3. The molecule has 1 aliphatic heterocycles. The fourth-order valence-corrected chi connectivity index (χ4v) is 3.92. The van der Waals surface area contributed by atoms with Gasteiger partial charge in [-0.1, -0.05) is 42.5 Å². The van der Waals surface area contributed by atoms with Crippen LogP contribution in [0.2, 0.25) is 0 Å². The summed E-state index contributed by atoms with van der Waals surface area (Å²) < 4.78 is 12.6. The maximum absolute atomic E-state index is 12.6. The highest BCUT2D eigenvalue weighted by atomic mass is 19.1. The molecule has 140 valence electrons. The van der Waals surface area contributed by atoms with Crippen LogP contribution >= 0.6 is 0 Å². The van der Waals surface area contributed by atoms with Gasteiger partial charge in [0.25, 0.3) is 5.91 Å². The number of hydrogen-bond donors (Lipinski definition) is 0. The van der Waals surface area contributed by atoms with E-state index in [1.807, 2.05) is 18.2 Å². The number of nitrogens with zero attached hydrogens (tertiary/aromatic N) is 3. The zero-order valence-electron chi connectivity index (χ0n) is 15.6. The first-order valence-electron chi connectivity index (χ1n) is 9.43. The summed E-state index contributed by atoms with van der Waals surface area (Å²) in [5, 5.41) is 1.15. The Labute approximate surface area is 159 Å². The number of carbonyl (C=O) groups is 1. The fraction of sp³-hybridized carbons (Fsp3) is 0.364. The number of halogens is 1. The van der Waals surface area contributed by atoms with Crippen molar-refractivity contribution in [3.63, 3.8) is 0 Å². The predicted octanol–water partition coefficient (Wildman–Crippen LogP) is 3.45. The molecule has 27 heavy (non-hydrogen) atoms. The highest BCUT2D eigenvalue weighted by molar-refractivity contribution is 5.83. The Bertz CT molecular complexity index is 915. The van der Waals surface area contributed by atoms with E-state index in [2.05, 4.69) is 48.3 Å². The molecule has 2 aromatic rings. The van der Waals surface area contributed by atoms with Crippen molar-refractivity contribution < 1.29 is 9.18 Å². The lowest BCUT2D eigenvalue weighted by molar-refractivity contribution is -0.134. The van der Waals surface area contributed by atoms with E-state index in [1.54, 1.807) is 4.90 Å². The van der Waals surface area contributed by atoms with Crippen LogP contribution in [0.5, 0.6) is 0 Å². The quantitative estimate of drug-likeness (QED) is 0.836. The summed E-state index contributed by atoms with van der Waals surface area (Å²) >= 11 is 0. The second-order valence-corrected chi connectivity index (χ2v) is 7.44. The smallest absolute Gasteiger partial charge is 0.254 e. The Morgan fingerprint density at radius 1 is 1.15 bits per heavy atom. The fourth-order valence-electron chi connectivity index (χ4n) is 3.92. The summed E-state index contributed by atoms with van der Waals surface area (Å²) in [6, 6.07) is 12.3. The lowest BCUT2D eigenvalue weighted by Crippen LogP contribution is -2.56. The van der Waals surface area contributed by atoms with E-state index in [9.17, 15) is 9.18 Å². The van der Waals surface area contributed by atoms with Gasteiger partial charge in [0.05, 0.1) is 11.2 Å². The minimum absolute atomic E-state index is 0.0782. The van der Waals surface area contributed by atoms with Crippen LogP contribution in [0, 0.1) is 0 Å².